The van der Waals surface area contributed by atoms with Crippen molar-refractivity contribution in [3.63, 3.8) is 0 Å². The summed E-state index contributed by atoms with van der Waals surface area (Å²) in [6, 6.07) is 14.8. The van der Waals surface area contributed by atoms with Crippen LogP contribution in [0.2, 0.25) is 0 Å². The Morgan fingerprint density at radius 1 is 1.11 bits per heavy atom. The van der Waals surface area contributed by atoms with Crippen molar-refractivity contribution in [2.45, 2.75) is 5.92 Å². The number of fused-ring (bicyclic) bond motifs is 1. The van der Waals surface area contributed by atoms with Crippen LogP contribution in [0.5, 0.6) is 0 Å². The lowest BCUT2D eigenvalue weighted by Crippen LogP contribution is -2.15. The van der Waals surface area contributed by atoms with Crippen molar-refractivity contribution in [2.75, 3.05) is 6.54 Å². The summed E-state index contributed by atoms with van der Waals surface area (Å²) in [7, 11) is 0. The fourth-order valence-electron chi connectivity index (χ4n) is 2.27. The van der Waals surface area contributed by atoms with Gasteiger partial charge in [-0.05, 0) is 17.7 Å². The number of hydrogen-bond donors (Lipinski definition) is 2. The molecule has 0 aliphatic carbocycles. The van der Waals surface area contributed by atoms with Crippen LogP contribution in [0.25, 0.3) is 11.0 Å². The van der Waals surface area contributed by atoms with Crippen molar-refractivity contribution < 1.29 is 4.39 Å². The highest BCUT2D eigenvalue weighted by Crippen LogP contribution is 2.24. The van der Waals surface area contributed by atoms with E-state index in [1.807, 2.05) is 36.4 Å². The highest BCUT2D eigenvalue weighted by molar-refractivity contribution is 5.75. The van der Waals surface area contributed by atoms with E-state index in [0.717, 1.165) is 5.56 Å². The summed E-state index contributed by atoms with van der Waals surface area (Å²) >= 11 is 0. The van der Waals surface area contributed by atoms with Crippen LogP contribution in [0.4, 0.5) is 4.39 Å². The van der Waals surface area contributed by atoms with Gasteiger partial charge in [0.25, 0.3) is 0 Å². The van der Waals surface area contributed by atoms with E-state index in [1.54, 1.807) is 6.07 Å². The molecule has 0 bridgehead atoms. The van der Waals surface area contributed by atoms with E-state index < -0.39 is 0 Å². The van der Waals surface area contributed by atoms with Crippen LogP contribution in [-0.2, 0) is 0 Å². The minimum atomic E-state index is -0.316. The number of benzene rings is 2. The number of nitrogens with zero attached hydrogens (tertiary/aromatic N) is 1. The smallest absolute Gasteiger partial charge is 0.151 e. The molecule has 3 N–H and O–H groups in total. The molecule has 0 amide bonds. The molecular formula is C15H14FN3. The van der Waals surface area contributed by atoms with Gasteiger partial charge in [0.1, 0.15) is 11.3 Å². The van der Waals surface area contributed by atoms with Crippen LogP contribution in [0, 0.1) is 5.82 Å². The summed E-state index contributed by atoms with van der Waals surface area (Å²) < 4.78 is 13.7. The molecule has 1 aromatic heterocycles. The first-order valence-electron chi connectivity index (χ1n) is 6.18. The molecule has 0 aliphatic rings. The molecule has 3 nitrogen and oxygen atoms in total. The number of halogens is 1. The van der Waals surface area contributed by atoms with Gasteiger partial charge in [-0.25, -0.2) is 9.37 Å². The van der Waals surface area contributed by atoms with Crippen molar-refractivity contribution in [3.05, 3.63) is 65.7 Å². The van der Waals surface area contributed by atoms with Crippen LogP contribution < -0.4 is 5.73 Å². The number of aromatic nitrogens is 2. The quantitative estimate of drug-likeness (QED) is 0.756. The van der Waals surface area contributed by atoms with E-state index in [9.17, 15) is 4.39 Å². The van der Waals surface area contributed by atoms with Gasteiger partial charge in [-0.3, -0.25) is 0 Å². The number of aromatic amines is 1. The Kier molecular flexibility index (Phi) is 3.01. The fraction of sp³-hybridized carbons (Fsp3) is 0.133. The largest absolute Gasteiger partial charge is 0.341 e. The van der Waals surface area contributed by atoms with Gasteiger partial charge in [-0.1, -0.05) is 36.4 Å². The SMILES string of the molecule is NCC(c1ccccc1)c1nc2c(F)cccc2[nH]1. The number of nitrogens with one attached hydrogen (secondary N) is 1. The molecule has 3 rings (SSSR count). The Morgan fingerprint density at radius 2 is 1.89 bits per heavy atom. The highest BCUT2D eigenvalue weighted by Gasteiger charge is 2.17. The maximum Gasteiger partial charge on any atom is 0.151 e. The van der Waals surface area contributed by atoms with Crippen LogP contribution >= 0.6 is 0 Å². The van der Waals surface area contributed by atoms with E-state index in [2.05, 4.69) is 9.97 Å². The van der Waals surface area contributed by atoms with Gasteiger partial charge in [0.15, 0.2) is 5.82 Å². The second-order valence-electron chi connectivity index (χ2n) is 4.46. The van der Waals surface area contributed by atoms with Gasteiger partial charge in [-0.2, -0.15) is 0 Å². The average molecular weight is 255 g/mol. The lowest BCUT2D eigenvalue weighted by atomic mass is 9.99. The zero-order chi connectivity index (χ0) is 13.2. The lowest BCUT2D eigenvalue weighted by Gasteiger charge is -2.11. The topological polar surface area (TPSA) is 54.7 Å². The Hall–Kier alpha value is -2.20. The monoisotopic (exact) mass is 255 g/mol. The molecule has 0 fully saturated rings. The van der Waals surface area contributed by atoms with Crippen molar-refractivity contribution in [1.82, 2.24) is 9.97 Å². The molecule has 2 aromatic carbocycles. The zero-order valence-corrected chi connectivity index (χ0v) is 10.3. The molecule has 96 valence electrons. The molecule has 19 heavy (non-hydrogen) atoms. The van der Waals surface area contributed by atoms with E-state index in [-0.39, 0.29) is 11.7 Å². The lowest BCUT2D eigenvalue weighted by molar-refractivity contribution is 0.636. The molecule has 3 aromatic rings. The molecule has 0 radical (unpaired) electrons. The predicted octanol–water partition coefficient (Wildman–Crippen LogP) is 2.79. The Balaban J connectivity index is 2.09. The third kappa shape index (κ3) is 2.11. The molecule has 0 saturated carbocycles. The van der Waals surface area contributed by atoms with Gasteiger partial charge in [0.2, 0.25) is 0 Å². The summed E-state index contributed by atoms with van der Waals surface area (Å²) in [6.45, 7) is 0.422. The summed E-state index contributed by atoms with van der Waals surface area (Å²) in [5.41, 5.74) is 7.98. The Bertz CT molecular complexity index is 691. The van der Waals surface area contributed by atoms with Gasteiger partial charge in [0.05, 0.1) is 11.4 Å². The standard InChI is InChI=1S/C15H14FN3/c16-12-7-4-8-13-14(12)19-15(18-13)11(9-17)10-5-2-1-3-6-10/h1-8,11H,9,17H2,(H,18,19). The number of hydrogen-bond acceptors (Lipinski definition) is 2. The highest BCUT2D eigenvalue weighted by atomic mass is 19.1. The molecule has 0 aliphatic heterocycles. The maximum atomic E-state index is 13.7. The number of para-hydroxylation sites is 1. The first-order valence-corrected chi connectivity index (χ1v) is 6.18. The van der Waals surface area contributed by atoms with E-state index in [0.29, 0.717) is 23.4 Å². The minimum absolute atomic E-state index is 0.0481. The number of H-pyrrole nitrogens is 1. The third-order valence-electron chi connectivity index (χ3n) is 3.25. The normalized spacial score (nSPS) is 12.7. The summed E-state index contributed by atoms with van der Waals surface area (Å²) in [6.07, 6.45) is 0. The first-order chi connectivity index (χ1) is 9.29. The van der Waals surface area contributed by atoms with Crippen LogP contribution in [-0.4, -0.2) is 16.5 Å². The van der Waals surface area contributed by atoms with Gasteiger partial charge >= 0.3 is 0 Å². The van der Waals surface area contributed by atoms with Gasteiger partial charge in [-0.15, -0.1) is 0 Å². The number of nitrogens with two attached hydrogens (primary N) is 1. The van der Waals surface area contributed by atoms with Gasteiger partial charge in [0, 0.05) is 6.54 Å². The first kappa shape index (κ1) is 11.9. The number of rotatable bonds is 3. The summed E-state index contributed by atoms with van der Waals surface area (Å²) in [5, 5.41) is 0. The predicted molar refractivity (Wildman–Crippen MR) is 73.4 cm³/mol. The second-order valence-corrected chi connectivity index (χ2v) is 4.46. The molecule has 0 spiro atoms. The minimum Gasteiger partial charge on any atom is -0.341 e. The molecule has 1 unspecified atom stereocenters. The molecular weight excluding hydrogens is 241 g/mol. The third-order valence-corrected chi connectivity index (χ3v) is 3.25. The second kappa shape index (κ2) is 4.82. The van der Waals surface area contributed by atoms with Crippen molar-refractivity contribution in [3.8, 4) is 0 Å². The summed E-state index contributed by atoms with van der Waals surface area (Å²) in [4.78, 5) is 7.50. The van der Waals surface area contributed by atoms with Crippen LogP contribution in [0.15, 0.2) is 48.5 Å². The van der Waals surface area contributed by atoms with E-state index in [4.69, 9.17) is 5.73 Å². The maximum absolute atomic E-state index is 13.7. The van der Waals surface area contributed by atoms with Gasteiger partial charge < -0.3 is 10.7 Å². The molecule has 0 saturated heterocycles. The zero-order valence-electron chi connectivity index (χ0n) is 10.3. The van der Waals surface area contributed by atoms with Crippen LogP contribution in [0.1, 0.15) is 17.3 Å². The Labute approximate surface area is 110 Å². The molecule has 4 heteroatoms. The molecule has 1 heterocycles. The van der Waals surface area contributed by atoms with Crippen molar-refractivity contribution in [1.29, 1.82) is 0 Å². The van der Waals surface area contributed by atoms with Crippen molar-refractivity contribution >= 4 is 11.0 Å². The summed E-state index contributed by atoms with van der Waals surface area (Å²) in [5.74, 6) is 0.339. The van der Waals surface area contributed by atoms with E-state index >= 15 is 0 Å². The van der Waals surface area contributed by atoms with Crippen LogP contribution in [0.3, 0.4) is 0 Å². The average Bonchev–Trinajstić information content (AvgIpc) is 2.86. The van der Waals surface area contributed by atoms with Crippen molar-refractivity contribution in [2.24, 2.45) is 5.73 Å². The molecule has 1 atom stereocenters. The number of imidazole rings is 1. The van der Waals surface area contributed by atoms with E-state index in [1.165, 1.54) is 6.07 Å². The fourth-order valence-corrected chi connectivity index (χ4v) is 2.27. The Morgan fingerprint density at radius 3 is 2.58 bits per heavy atom.